The van der Waals surface area contributed by atoms with Crippen LogP contribution in [0.4, 0.5) is 5.69 Å². The number of allylic oxidation sites excluding steroid dienone is 10. The van der Waals surface area contributed by atoms with Crippen molar-refractivity contribution in [3.63, 3.8) is 0 Å². The van der Waals surface area contributed by atoms with Crippen molar-refractivity contribution < 1.29 is 0 Å². The molecule has 0 aromatic heterocycles. The highest BCUT2D eigenvalue weighted by molar-refractivity contribution is 5.67. The van der Waals surface area contributed by atoms with Crippen molar-refractivity contribution in [2.24, 2.45) is 0 Å². The van der Waals surface area contributed by atoms with E-state index in [1.54, 1.807) is 0 Å². The largest absolute Gasteiger partial charge is 0.341 e. The quantitative estimate of drug-likeness (QED) is 0.416. The first-order chi connectivity index (χ1) is 15.3. The molecule has 3 rings (SSSR count). The average molecular weight is 408 g/mol. The van der Waals surface area contributed by atoms with Gasteiger partial charge in [-0.25, -0.2) is 0 Å². The molecule has 0 radical (unpaired) electrons. The van der Waals surface area contributed by atoms with Gasteiger partial charge in [0.05, 0.1) is 0 Å². The van der Waals surface area contributed by atoms with Gasteiger partial charge in [0, 0.05) is 24.4 Å². The van der Waals surface area contributed by atoms with Crippen molar-refractivity contribution in [3.05, 3.63) is 126 Å². The molecular formula is C30H33N. The summed E-state index contributed by atoms with van der Waals surface area (Å²) in [7, 11) is 0. The van der Waals surface area contributed by atoms with Crippen LogP contribution in [-0.4, -0.2) is 6.54 Å². The second-order valence-electron chi connectivity index (χ2n) is 7.52. The molecule has 0 heterocycles. The van der Waals surface area contributed by atoms with Crippen molar-refractivity contribution >= 4 is 5.69 Å². The van der Waals surface area contributed by atoms with Gasteiger partial charge in [-0.2, -0.15) is 0 Å². The minimum absolute atomic E-state index is 0.826. The topological polar surface area (TPSA) is 3.24 Å². The van der Waals surface area contributed by atoms with E-state index in [4.69, 9.17) is 0 Å². The Morgan fingerprint density at radius 1 is 0.839 bits per heavy atom. The molecule has 0 amide bonds. The van der Waals surface area contributed by atoms with E-state index in [1.165, 1.54) is 33.7 Å². The minimum atomic E-state index is 0.826. The standard InChI is InChI=1S/C30H33N/c1-4-7-18-29(6-3)31(24-23-27-17-13-8-10-14-25(27)5-2)30-21-19-28(20-22-30)26-15-11-9-12-16-26/h4-7,9-17,19-23H,8,18,24H2,1-3H3/b7-4-,25-5-,27-23-,29-6+. The number of anilines is 1. The molecule has 0 unspecified atom stereocenters. The monoisotopic (exact) mass is 407 g/mol. The number of rotatable bonds is 7. The van der Waals surface area contributed by atoms with E-state index < -0.39 is 0 Å². The normalized spacial score (nSPS) is 16.9. The first-order valence-electron chi connectivity index (χ1n) is 11.2. The second kappa shape index (κ2) is 11.8. The van der Waals surface area contributed by atoms with Gasteiger partial charge >= 0.3 is 0 Å². The highest BCUT2D eigenvalue weighted by Gasteiger charge is 2.11. The smallest absolute Gasteiger partial charge is 0.0417 e. The Hall–Kier alpha value is -3.32. The molecule has 0 atom stereocenters. The molecular weight excluding hydrogens is 374 g/mol. The maximum Gasteiger partial charge on any atom is 0.0417 e. The van der Waals surface area contributed by atoms with Gasteiger partial charge in [-0.3, -0.25) is 0 Å². The molecule has 1 aliphatic rings. The molecule has 2 aromatic rings. The highest BCUT2D eigenvalue weighted by atomic mass is 15.1. The summed E-state index contributed by atoms with van der Waals surface area (Å²) in [6.07, 6.45) is 21.9. The Bertz CT molecular complexity index is 1010. The van der Waals surface area contributed by atoms with Crippen LogP contribution in [0, 0.1) is 0 Å². The summed E-state index contributed by atoms with van der Waals surface area (Å²) in [6, 6.07) is 19.5. The molecule has 1 heteroatoms. The van der Waals surface area contributed by atoms with Gasteiger partial charge in [0.1, 0.15) is 0 Å². The third kappa shape index (κ3) is 6.08. The van der Waals surface area contributed by atoms with Crippen LogP contribution in [0.3, 0.4) is 0 Å². The van der Waals surface area contributed by atoms with Crippen LogP contribution in [0.15, 0.2) is 126 Å². The van der Waals surface area contributed by atoms with Gasteiger partial charge in [0.25, 0.3) is 0 Å². The van der Waals surface area contributed by atoms with Crippen LogP contribution in [-0.2, 0) is 0 Å². The van der Waals surface area contributed by atoms with Gasteiger partial charge in [-0.1, -0.05) is 97.1 Å². The summed E-state index contributed by atoms with van der Waals surface area (Å²) in [6.45, 7) is 7.14. The molecule has 0 N–H and O–H groups in total. The zero-order valence-corrected chi connectivity index (χ0v) is 19.0. The number of benzene rings is 2. The van der Waals surface area contributed by atoms with Crippen LogP contribution in [0.1, 0.15) is 33.6 Å². The van der Waals surface area contributed by atoms with Crippen LogP contribution in [0.25, 0.3) is 11.1 Å². The van der Waals surface area contributed by atoms with Gasteiger partial charge in [0.15, 0.2) is 0 Å². The van der Waals surface area contributed by atoms with Crippen molar-refractivity contribution in [1.29, 1.82) is 0 Å². The summed E-state index contributed by atoms with van der Waals surface area (Å²) in [5.74, 6) is 0. The summed E-state index contributed by atoms with van der Waals surface area (Å²) < 4.78 is 0. The molecule has 0 saturated carbocycles. The molecule has 1 nitrogen and oxygen atoms in total. The molecule has 31 heavy (non-hydrogen) atoms. The lowest BCUT2D eigenvalue weighted by Crippen LogP contribution is -2.22. The van der Waals surface area contributed by atoms with Crippen molar-refractivity contribution in [2.75, 3.05) is 11.4 Å². The SMILES string of the molecule is C/C=C\C/C(=C\C)N(C/C=C1/C=CCC=C/C1=C/C)c1ccc(-c2ccccc2)cc1. The minimum Gasteiger partial charge on any atom is -0.341 e. The molecule has 1 aliphatic carbocycles. The summed E-state index contributed by atoms with van der Waals surface area (Å²) in [5.41, 5.74) is 7.57. The van der Waals surface area contributed by atoms with Crippen LogP contribution in [0.5, 0.6) is 0 Å². The van der Waals surface area contributed by atoms with Crippen LogP contribution >= 0.6 is 0 Å². The van der Waals surface area contributed by atoms with Gasteiger partial charge in [0.2, 0.25) is 0 Å². The van der Waals surface area contributed by atoms with E-state index in [2.05, 4.69) is 135 Å². The predicted molar refractivity (Wildman–Crippen MR) is 137 cm³/mol. The lowest BCUT2D eigenvalue weighted by Gasteiger charge is -2.27. The predicted octanol–water partition coefficient (Wildman–Crippen LogP) is 8.42. The van der Waals surface area contributed by atoms with Crippen molar-refractivity contribution in [1.82, 2.24) is 0 Å². The summed E-state index contributed by atoms with van der Waals surface area (Å²) in [4.78, 5) is 2.41. The first kappa shape index (κ1) is 22.4. The number of hydrogen-bond donors (Lipinski definition) is 0. The fourth-order valence-electron chi connectivity index (χ4n) is 3.77. The second-order valence-corrected chi connectivity index (χ2v) is 7.52. The maximum atomic E-state index is 2.41. The molecule has 0 aliphatic heterocycles. The fraction of sp³-hybridized carbons (Fsp3) is 0.200. The van der Waals surface area contributed by atoms with E-state index >= 15 is 0 Å². The molecule has 0 spiro atoms. The van der Waals surface area contributed by atoms with E-state index in [1.807, 2.05) is 0 Å². The van der Waals surface area contributed by atoms with Crippen molar-refractivity contribution in [2.45, 2.75) is 33.6 Å². The molecule has 0 fully saturated rings. The third-order valence-corrected chi connectivity index (χ3v) is 5.53. The van der Waals surface area contributed by atoms with Gasteiger partial charge in [-0.15, -0.1) is 0 Å². The fourth-order valence-corrected chi connectivity index (χ4v) is 3.77. The molecule has 0 saturated heterocycles. The van der Waals surface area contributed by atoms with Crippen LogP contribution in [0.2, 0.25) is 0 Å². The highest BCUT2D eigenvalue weighted by Crippen LogP contribution is 2.27. The first-order valence-corrected chi connectivity index (χ1v) is 11.2. The van der Waals surface area contributed by atoms with E-state index in [-0.39, 0.29) is 0 Å². The maximum absolute atomic E-state index is 2.41. The van der Waals surface area contributed by atoms with Crippen LogP contribution < -0.4 is 4.90 Å². The van der Waals surface area contributed by atoms with E-state index in [0.29, 0.717) is 0 Å². The molecule has 158 valence electrons. The Kier molecular flexibility index (Phi) is 8.48. The summed E-state index contributed by atoms with van der Waals surface area (Å²) >= 11 is 0. The average Bonchev–Trinajstić information content (AvgIpc) is 3.07. The Labute approximate surface area is 188 Å². The lowest BCUT2D eigenvalue weighted by atomic mass is 10.0. The number of nitrogens with zero attached hydrogens (tertiary/aromatic N) is 1. The Balaban J connectivity index is 1.93. The van der Waals surface area contributed by atoms with E-state index in [0.717, 1.165) is 19.4 Å². The van der Waals surface area contributed by atoms with Gasteiger partial charge in [-0.05, 0) is 61.6 Å². The Morgan fingerprint density at radius 2 is 1.52 bits per heavy atom. The third-order valence-electron chi connectivity index (χ3n) is 5.53. The zero-order chi connectivity index (χ0) is 21.9. The van der Waals surface area contributed by atoms with Crippen molar-refractivity contribution in [3.8, 4) is 11.1 Å². The lowest BCUT2D eigenvalue weighted by molar-refractivity contribution is 0.957. The van der Waals surface area contributed by atoms with Gasteiger partial charge < -0.3 is 4.90 Å². The molecule has 0 bridgehead atoms. The molecule has 2 aromatic carbocycles. The summed E-state index contributed by atoms with van der Waals surface area (Å²) in [5, 5.41) is 0. The van der Waals surface area contributed by atoms with E-state index in [9.17, 15) is 0 Å². The number of hydrogen-bond acceptors (Lipinski definition) is 1. The Morgan fingerprint density at radius 3 is 2.16 bits per heavy atom. The zero-order valence-electron chi connectivity index (χ0n) is 19.0.